The van der Waals surface area contributed by atoms with Gasteiger partial charge in [0.05, 0.1) is 11.4 Å². The Balaban J connectivity index is 2.56. The second-order valence-corrected chi connectivity index (χ2v) is 6.43. The Morgan fingerprint density at radius 2 is 1.86 bits per heavy atom. The van der Waals surface area contributed by atoms with Crippen molar-refractivity contribution in [2.75, 3.05) is 0 Å². The second kappa shape index (κ2) is 5.10. The van der Waals surface area contributed by atoms with E-state index in [0.29, 0.717) is 11.4 Å². The van der Waals surface area contributed by atoms with Crippen molar-refractivity contribution in [1.82, 2.24) is 4.98 Å². The van der Waals surface area contributed by atoms with E-state index < -0.39 is 0 Å². The number of H-pyrrole nitrogens is 1. The molecule has 1 aromatic rings. The Labute approximate surface area is 125 Å². The lowest BCUT2D eigenvalue weighted by atomic mass is 9.83. The SMILES string of the molecule is CC(=O)C1=N/C(=C(/C)c2[nH]c(C=O)c(C)c2C)CC1(C)C. The highest BCUT2D eigenvalue weighted by Crippen LogP contribution is 2.39. The van der Waals surface area contributed by atoms with Gasteiger partial charge in [0.15, 0.2) is 12.1 Å². The molecule has 1 N–H and O–H groups in total. The molecule has 2 heterocycles. The lowest BCUT2D eigenvalue weighted by Gasteiger charge is -2.17. The van der Waals surface area contributed by atoms with Gasteiger partial charge >= 0.3 is 0 Å². The summed E-state index contributed by atoms with van der Waals surface area (Å²) in [5.41, 5.74) is 5.91. The van der Waals surface area contributed by atoms with Crippen LogP contribution in [-0.4, -0.2) is 22.8 Å². The minimum Gasteiger partial charge on any atom is -0.352 e. The molecule has 1 aromatic heterocycles. The van der Waals surface area contributed by atoms with Gasteiger partial charge in [-0.2, -0.15) is 0 Å². The van der Waals surface area contributed by atoms with E-state index in [0.717, 1.165) is 40.8 Å². The van der Waals surface area contributed by atoms with Crippen LogP contribution in [0.2, 0.25) is 0 Å². The topological polar surface area (TPSA) is 62.3 Å². The molecule has 4 heteroatoms. The van der Waals surface area contributed by atoms with E-state index in [2.05, 4.69) is 9.98 Å². The lowest BCUT2D eigenvalue weighted by Crippen LogP contribution is -2.25. The standard InChI is InChI=1S/C17H22N2O2/c1-9-10(2)15(18-14(9)8-20)11(3)13-7-17(5,6)16(19-13)12(4)21/h8,18H,7H2,1-6H3/b13-11-. The number of aliphatic imine (C=N–C) groups is 1. The number of nitrogens with zero attached hydrogens (tertiary/aromatic N) is 1. The van der Waals surface area contributed by atoms with Crippen molar-refractivity contribution in [3.05, 3.63) is 28.2 Å². The fourth-order valence-electron chi connectivity index (χ4n) is 2.95. The molecule has 0 spiro atoms. The van der Waals surface area contributed by atoms with Crippen LogP contribution < -0.4 is 0 Å². The van der Waals surface area contributed by atoms with Gasteiger partial charge in [-0.1, -0.05) is 13.8 Å². The van der Waals surface area contributed by atoms with Gasteiger partial charge in [-0.3, -0.25) is 14.6 Å². The Bertz CT molecular complexity index is 688. The number of aromatic nitrogens is 1. The predicted molar refractivity (Wildman–Crippen MR) is 84.8 cm³/mol. The van der Waals surface area contributed by atoms with Crippen LogP contribution in [-0.2, 0) is 4.79 Å². The number of carbonyl (C=O) groups excluding carboxylic acids is 2. The summed E-state index contributed by atoms with van der Waals surface area (Å²) in [5.74, 6) is 0.0239. The summed E-state index contributed by atoms with van der Waals surface area (Å²) >= 11 is 0. The number of hydrogen-bond acceptors (Lipinski definition) is 3. The molecule has 1 aliphatic rings. The van der Waals surface area contributed by atoms with E-state index in [1.54, 1.807) is 6.92 Å². The van der Waals surface area contributed by atoms with Crippen molar-refractivity contribution in [3.8, 4) is 0 Å². The molecular formula is C17H22N2O2. The first-order chi connectivity index (χ1) is 9.69. The minimum atomic E-state index is -0.231. The molecule has 1 aliphatic heterocycles. The third-order valence-electron chi connectivity index (χ3n) is 4.36. The zero-order valence-corrected chi connectivity index (χ0v) is 13.5. The van der Waals surface area contributed by atoms with Crippen LogP contribution >= 0.6 is 0 Å². The molecule has 0 fully saturated rings. The number of aromatic amines is 1. The largest absolute Gasteiger partial charge is 0.352 e. The molecular weight excluding hydrogens is 264 g/mol. The summed E-state index contributed by atoms with van der Waals surface area (Å²) in [5, 5.41) is 0. The Morgan fingerprint density at radius 1 is 1.24 bits per heavy atom. The molecule has 0 radical (unpaired) electrons. The van der Waals surface area contributed by atoms with Crippen LogP contribution in [0.5, 0.6) is 0 Å². The zero-order chi connectivity index (χ0) is 15.9. The monoisotopic (exact) mass is 286 g/mol. The summed E-state index contributed by atoms with van der Waals surface area (Å²) < 4.78 is 0. The van der Waals surface area contributed by atoms with Crippen molar-refractivity contribution in [2.45, 2.75) is 48.0 Å². The normalized spacial score (nSPS) is 19.4. The molecule has 0 unspecified atom stereocenters. The van der Waals surface area contributed by atoms with Crippen LogP contribution in [0, 0.1) is 19.3 Å². The fraction of sp³-hybridized carbons (Fsp3) is 0.471. The quantitative estimate of drug-likeness (QED) is 0.862. The first-order valence-corrected chi connectivity index (χ1v) is 7.13. The van der Waals surface area contributed by atoms with Gasteiger partial charge in [0.1, 0.15) is 0 Å². The van der Waals surface area contributed by atoms with E-state index in [-0.39, 0.29) is 11.2 Å². The van der Waals surface area contributed by atoms with E-state index in [4.69, 9.17) is 0 Å². The molecule has 0 aromatic carbocycles. The van der Waals surface area contributed by atoms with Crippen LogP contribution in [0.25, 0.3) is 5.57 Å². The number of hydrogen-bond donors (Lipinski definition) is 1. The smallest absolute Gasteiger partial charge is 0.174 e. The van der Waals surface area contributed by atoms with E-state index in [9.17, 15) is 9.59 Å². The third-order valence-corrected chi connectivity index (χ3v) is 4.36. The molecule has 2 rings (SSSR count). The number of Topliss-reactive ketones (excluding diaryl/α,β-unsaturated/α-hetero) is 1. The van der Waals surface area contributed by atoms with Crippen LogP contribution in [0.15, 0.2) is 10.7 Å². The highest BCUT2D eigenvalue weighted by molar-refractivity contribution is 6.41. The van der Waals surface area contributed by atoms with Crippen LogP contribution in [0.1, 0.15) is 61.4 Å². The van der Waals surface area contributed by atoms with Crippen LogP contribution in [0.4, 0.5) is 0 Å². The third kappa shape index (κ3) is 2.50. The Hall–Kier alpha value is -1.97. The number of carbonyl (C=O) groups is 2. The first-order valence-electron chi connectivity index (χ1n) is 7.13. The lowest BCUT2D eigenvalue weighted by molar-refractivity contribution is -0.111. The van der Waals surface area contributed by atoms with Gasteiger partial charge in [0.2, 0.25) is 0 Å². The maximum absolute atomic E-state index is 11.7. The van der Waals surface area contributed by atoms with Gasteiger partial charge < -0.3 is 4.98 Å². The Morgan fingerprint density at radius 3 is 2.29 bits per heavy atom. The number of nitrogens with one attached hydrogen (secondary N) is 1. The number of aldehydes is 1. The van der Waals surface area contributed by atoms with Crippen molar-refractivity contribution in [1.29, 1.82) is 0 Å². The molecule has 4 nitrogen and oxygen atoms in total. The van der Waals surface area contributed by atoms with E-state index in [1.165, 1.54) is 0 Å². The summed E-state index contributed by atoms with van der Waals surface area (Å²) in [6.45, 7) is 11.6. The average molecular weight is 286 g/mol. The van der Waals surface area contributed by atoms with E-state index >= 15 is 0 Å². The van der Waals surface area contributed by atoms with Gasteiger partial charge in [-0.25, -0.2) is 0 Å². The first kappa shape index (κ1) is 15.4. The molecule has 0 atom stereocenters. The minimum absolute atomic E-state index is 0.0239. The van der Waals surface area contributed by atoms with Crippen molar-refractivity contribution >= 4 is 23.4 Å². The number of ketones is 1. The highest BCUT2D eigenvalue weighted by atomic mass is 16.1. The van der Waals surface area contributed by atoms with Gasteiger partial charge in [-0.15, -0.1) is 0 Å². The summed E-state index contributed by atoms with van der Waals surface area (Å²) in [6.07, 6.45) is 1.58. The number of allylic oxidation sites excluding steroid dienone is 2. The molecule has 112 valence electrons. The molecule has 0 saturated heterocycles. The van der Waals surface area contributed by atoms with Gasteiger partial charge in [0.25, 0.3) is 0 Å². The Kier molecular flexibility index (Phi) is 3.74. The van der Waals surface area contributed by atoms with Crippen LogP contribution in [0.3, 0.4) is 0 Å². The molecule has 0 amide bonds. The summed E-state index contributed by atoms with van der Waals surface area (Å²) in [4.78, 5) is 30.5. The zero-order valence-electron chi connectivity index (χ0n) is 13.5. The summed E-state index contributed by atoms with van der Waals surface area (Å²) in [6, 6.07) is 0. The molecule has 21 heavy (non-hydrogen) atoms. The van der Waals surface area contributed by atoms with Crippen molar-refractivity contribution in [3.63, 3.8) is 0 Å². The second-order valence-electron chi connectivity index (χ2n) is 6.43. The fourth-order valence-corrected chi connectivity index (χ4v) is 2.95. The maximum atomic E-state index is 11.7. The van der Waals surface area contributed by atoms with Gasteiger partial charge in [0, 0.05) is 30.2 Å². The molecule has 0 aliphatic carbocycles. The van der Waals surface area contributed by atoms with E-state index in [1.807, 2.05) is 34.6 Å². The maximum Gasteiger partial charge on any atom is 0.174 e. The van der Waals surface area contributed by atoms with Crippen molar-refractivity contribution in [2.24, 2.45) is 10.4 Å². The summed E-state index contributed by atoms with van der Waals surface area (Å²) in [7, 11) is 0. The molecule has 0 saturated carbocycles. The van der Waals surface area contributed by atoms with Crippen molar-refractivity contribution < 1.29 is 9.59 Å². The average Bonchev–Trinajstić information content (AvgIpc) is 2.87. The molecule has 0 bridgehead atoms. The van der Waals surface area contributed by atoms with Gasteiger partial charge in [-0.05, 0) is 37.5 Å². The highest BCUT2D eigenvalue weighted by Gasteiger charge is 2.35. The number of rotatable bonds is 3. The predicted octanol–water partition coefficient (Wildman–Crippen LogP) is 3.63.